The molecule has 0 atom stereocenters. The van der Waals surface area contributed by atoms with Gasteiger partial charge in [0.25, 0.3) is 0 Å². The minimum Gasteiger partial charge on any atom is -0.465 e. The van der Waals surface area contributed by atoms with Gasteiger partial charge in [0.15, 0.2) is 5.13 Å². The van der Waals surface area contributed by atoms with E-state index in [1.807, 2.05) is 0 Å². The third-order valence-electron chi connectivity index (χ3n) is 2.86. The number of hydrogen-bond acceptors (Lipinski definition) is 4. The lowest BCUT2D eigenvalue weighted by Gasteiger charge is -2.32. The Balaban J connectivity index is 2.10. The molecule has 9 heteroatoms. The van der Waals surface area contributed by atoms with Gasteiger partial charge in [-0.2, -0.15) is 13.2 Å². The van der Waals surface area contributed by atoms with E-state index in [4.69, 9.17) is 5.11 Å². The number of amides is 1. The lowest BCUT2D eigenvalue weighted by Crippen LogP contribution is -2.48. The molecule has 2 rings (SSSR count). The van der Waals surface area contributed by atoms with Crippen LogP contribution in [0.2, 0.25) is 0 Å². The predicted molar refractivity (Wildman–Crippen MR) is 63.7 cm³/mol. The summed E-state index contributed by atoms with van der Waals surface area (Å²) in [5.74, 6) is 0. The maximum Gasteiger partial charge on any atom is 0.427 e. The minimum absolute atomic E-state index is 0.0341. The van der Waals surface area contributed by atoms with E-state index >= 15 is 0 Å². The maximum atomic E-state index is 12.7. The van der Waals surface area contributed by atoms with Crippen molar-refractivity contribution in [3.05, 3.63) is 10.6 Å². The molecule has 2 heterocycles. The molecular formula is C10H12F3N3O2S. The standard InChI is InChI=1S/C10H12F3N3O2S/c1-6-7(10(11,12)13)19-8(14-6)15-2-4-16(5-3-15)9(17)18/h2-5H2,1H3,(H,17,18). The summed E-state index contributed by atoms with van der Waals surface area (Å²) in [5.41, 5.74) is -0.0341. The smallest absolute Gasteiger partial charge is 0.427 e. The van der Waals surface area contributed by atoms with E-state index in [9.17, 15) is 18.0 Å². The number of carboxylic acid groups (broad SMARTS) is 1. The topological polar surface area (TPSA) is 56.7 Å². The number of anilines is 1. The number of halogens is 3. The summed E-state index contributed by atoms with van der Waals surface area (Å²) >= 11 is 0.606. The van der Waals surface area contributed by atoms with Gasteiger partial charge in [0, 0.05) is 26.2 Å². The summed E-state index contributed by atoms with van der Waals surface area (Å²) in [6.45, 7) is 2.59. The summed E-state index contributed by atoms with van der Waals surface area (Å²) in [4.78, 5) is 16.9. The normalized spacial score (nSPS) is 16.8. The van der Waals surface area contributed by atoms with Crippen LogP contribution >= 0.6 is 11.3 Å². The lowest BCUT2D eigenvalue weighted by molar-refractivity contribution is -0.134. The average Bonchev–Trinajstić information content (AvgIpc) is 2.71. The predicted octanol–water partition coefficient (Wildman–Crippen LogP) is 2.27. The second kappa shape index (κ2) is 4.87. The monoisotopic (exact) mass is 295 g/mol. The number of nitrogens with zero attached hydrogens (tertiary/aromatic N) is 3. The molecule has 0 radical (unpaired) electrons. The molecule has 0 saturated carbocycles. The van der Waals surface area contributed by atoms with Gasteiger partial charge in [0.1, 0.15) is 4.88 Å². The molecule has 0 spiro atoms. The fraction of sp³-hybridized carbons (Fsp3) is 0.600. The van der Waals surface area contributed by atoms with Crippen LogP contribution in [0.25, 0.3) is 0 Å². The number of aryl methyl sites for hydroxylation is 1. The van der Waals surface area contributed by atoms with Gasteiger partial charge in [-0.25, -0.2) is 9.78 Å². The zero-order valence-electron chi connectivity index (χ0n) is 10.1. The lowest BCUT2D eigenvalue weighted by atomic mass is 10.3. The zero-order chi connectivity index (χ0) is 14.2. The van der Waals surface area contributed by atoms with E-state index in [1.165, 1.54) is 11.8 Å². The molecule has 0 aromatic carbocycles. The fourth-order valence-corrected chi connectivity index (χ4v) is 2.86. The highest BCUT2D eigenvalue weighted by molar-refractivity contribution is 7.15. The molecule has 1 fully saturated rings. The molecule has 1 amide bonds. The molecule has 0 unspecified atom stereocenters. The molecule has 106 valence electrons. The average molecular weight is 295 g/mol. The third kappa shape index (κ3) is 2.91. The number of aromatic nitrogens is 1. The van der Waals surface area contributed by atoms with Gasteiger partial charge in [-0.15, -0.1) is 0 Å². The first-order valence-corrected chi connectivity index (χ1v) is 6.38. The molecule has 1 aliphatic heterocycles. The van der Waals surface area contributed by atoms with Crippen molar-refractivity contribution < 1.29 is 23.1 Å². The van der Waals surface area contributed by atoms with E-state index in [1.54, 1.807) is 4.90 Å². The second-order valence-electron chi connectivity index (χ2n) is 4.17. The number of thiazole rings is 1. The van der Waals surface area contributed by atoms with Crippen molar-refractivity contribution in [2.45, 2.75) is 13.1 Å². The number of carbonyl (C=O) groups is 1. The van der Waals surface area contributed by atoms with Gasteiger partial charge < -0.3 is 14.9 Å². The van der Waals surface area contributed by atoms with E-state index < -0.39 is 17.1 Å². The molecule has 1 N–H and O–H groups in total. The Morgan fingerprint density at radius 2 is 1.89 bits per heavy atom. The van der Waals surface area contributed by atoms with Crippen LogP contribution in [0.4, 0.5) is 23.1 Å². The van der Waals surface area contributed by atoms with Crippen molar-refractivity contribution >= 4 is 22.6 Å². The summed E-state index contributed by atoms with van der Waals surface area (Å²) in [6.07, 6.45) is -5.39. The van der Waals surface area contributed by atoms with Crippen LogP contribution in [0.3, 0.4) is 0 Å². The maximum absolute atomic E-state index is 12.7. The van der Waals surface area contributed by atoms with E-state index in [0.717, 1.165) is 0 Å². The molecule has 5 nitrogen and oxygen atoms in total. The second-order valence-corrected chi connectivity index (χ2v) is 5.14. The van der Waals surface area contributed by atoms with Gasteiger partial charge in [0.2, 0.25) is 0 Å². The molecule has 1 aromatic heterocycles. The van der Waals surface area contributed by atoms with Crippen LogP contribution in [-0.2, 0) is 6.18 Å². The summed E-state index contributed by atoms with van der Waals surface area (Å²) in [6, 6.07) is 0. The highest BCUT2D eigenvalue weighted by Gasteiger charge is 2.36. The Hall–Kier alpha value is -1.51. The van der Waals surface area contributed by atoms with Crippen LogP contribution in [0.5, 0.6) is 0 Å². The number of alkyl halides is 3. The van der Waals surface area contributed by atoms with Crippen LogP contribution in [-0.4, -0.2) is 47.3 Å². The van der Waals surface area contributed by atoms with Crippen LogP contribution in [0, 0.1) is 6.92 Å². The van der Waals surface area contributed by atoms with Gasteiger partial charge in [0.05, 0.1) is 5.69 Å². The molecule has 0 aliphatic carbocycles. The Kier molecular flexibility index (Phi) is 3.57. The quantitative estimate of drug-likeness (QED) is 0.863. The molecule has 0 bridgehead atoms. The Morgan fingerprint density at radius 3 is 2.32 bits per heavy atom. The van der Waals surface area contributed by atoms with Gasteiger partial charge in [-0.05, 0) is 6.92 Å². The van der Waals surface area contributed by atoms with Crippen molar-refractivity contribution in [2.75, 3.05) is 31.1 Å². The Labute approximate surface area is 111 Å². The van der Waals surface area contributed by atoms with Crippen molar-refractivity contribution in [3.8, 4) is 0 Å². The van der Waals surface area contributed by atoms with E-state index in [0.29, 0.717) is 29.6 Å². The van der Waals surface area contributed by atoms with Crippen LogP contribution in [0.15, 0.2) is 0 Å². The van der Waals surface area contributed by atoms with Crippen molar-refractivity contribution in [1.29, 1.82) is 0 Å². The van der Waals surface area contributed by atoms with Gasteiger partial charge in [-0.1, -0.05) is 11.3 Å². The van der Waals surface area contributed by atoms with Crippen molar-refractivity contribution in [2.24, 2.45) is 0 Å². The van der Waals surface area contributed by atoms with E-state index in [2.05, 4.69) is 4.98 Å². The van der Waals surface area contributed by atoms with Crippen molar-refractivity contribution in [1.82, 2.24) is 9.88 Å². The number of piperazine rings is 1. The first kappa shape index (κ1) is 13.9. The van der Waals surface area contributed by atoms with Gasteiger partial charge in [-0.3, -0.25) is 0 Å². The largest absolute Gasteiger partial charge is 0.465 e. The highest BCUT2D eigenvalue weighted by atomic mass is 32.1. The van der Waals surface area contributed by atoms with Crippen LogP contribution in [0.1, 0.15) is 10.6 Å². The minimum atomic E-state index is -4.39. The fourth-order valence-electron chi connectivity index (χ4n) is 1.87. The molecule has 19 heavy (non-hydrogen) atoms. The first-order chi connectivity index (χ1) is 8.79. The highest BCUT2D eigenvalue weighted by Crippen LogP contribution is 2.39. The van der Waals surface area contributed by atoms with Crippen molar-refractivity contribution in [3.63, 3.8) is 0 Å². The first-order valence-electron chi connectivity index (χ1n) is 5.56. The Morgan fingerprint density at radius 1 is 1.32 bits per heavy atom. The summed E-state index contributed by atoms with van der Waals surface area (Å²) < 4.78 is 38.0. The number of rotatable bonds is 1. The SMILES string of the molecule is Cc1nc(N2CCN(C(=O)O)CC2)sc1C(F)(F)F. The van der Waals surface area contributed by atoms with Gasteiger partial charge >= 0.3 is 12.3 Å². The molecule has 1 aliphatic rings. The zero-order valence-corrected chi connectivity index (χ0v) is 10.9. The Bertz CT molecular complexity index is 481. The molecule has 1 saturated heterocycles. The summed E-state index contributed by atoms with van der Waals surface area (Å²) in [5, 5.41) is 9.10. The number of hydrogen-bond donors (Lipinski definition) is 1. The molecular weight excluding hydrogens is 283 g/mol. The van der Waals surface area contributed by atoms with E-state index in [-0.39, 0.29) is 18.8 Å². The van der Waals surface area contributed by atoms with Crippen LogP contribution < -0.4 is 4.90 Å². The third-order valence-corrected chi connectivity index (χ3v) is 4.13. The molecule has 1 aromatic rings. The summed E-state index contributed by atoms with van der Waals surface area (Å²) in [7, 11) is 0.